The standard InChI is InChI=1S/C25H21N3O2S2/c1-25(2)17-9-6-8-15-14-7-4-5-10-19(14)28(20(15)17)23-18(25)12-13(32-23)11-16-21(29)26-24(31)27(3)22(16)30/h4-10,12,16H,11H2,1-3H3,(H,26,29,31). The highest BCUT2D eigenvalue weighted by atomic mass is 32.1. The van der Waals surface area contributed by atoms with Crippen molar-refractivity contribution in [2.45, 2.75) is 25.7 Å². The Morgan fingerprint density at radius 1 is 1.06 bits per heavy atom. The second-order valence-corrected chi connectivity index (χ2v) is 10.6. The van der Waals surface area contributed by atoms with Crippen LogP contribution in [0.15, 0.2) is 48.5 Å². The summed E-state index contributed by atoms with van der Waals surface area (Å²) in [6.07, 6.45) is 0.365. The van der Waals surface area contributed by atoms with E-state index in [2.05, 4.69) is 72.3 Å². The monoisotopic (exact) mass is 459 g/mol. The smallest absolute Gasteiger partial charge is 0.241 e. The fourth-order valence-corrected chi connectivity index (χ4v) is 6.70. The van der Waals surface area contributed by atoms with Crippen molar-refractivity contribution in [3.8, 4) is 5.00 Å². The zero-order valence-electron chi connectivity index (χ0n) is 17.9. The van der Waals surface area contributed by atoms with E-state index in [1.165, 1.54) is 42.8 Å². The predicted octanol–water partition coefficient (Wildman–Crippen LogP) is 4.52. The molecule has 2 aromatic heterocycles. The molecule has 2 aliphatic rings. The molecule has 0 radical (unpaired) electrons. The number of hydrogen-bond donors (Lipinski definition) is 1. The Morgan fingerprint density at radius 2 is 1.81 bits per heavy atom. The molecule has 1 unspecified atom stereocenters. The molecule has 2 aromatic carbocycles. The van der Waals surface area contributed by atoms with E-state index in [4.69, 9.17) is 12.2 Å². The van der Waals surface area contributed by atoms with Gasteiger partial charge >= 0.3 is 0 Å². The van der Waals surface area contributed by atoms with Gasteiger partial charge in [-0.05, 0) is 35.5 Å². The third-order valence-corrected chi connectivity index (χ3v) is 8.41. The number of carbonyl (C=O) groups excluding carboxylic acids is 2. The minimum absolute atomic E-state index is 0.166. The van der Waals surface area contributed by atoms with Crippen LogP contribution >= 0.6 is 23.6 Å². The summed E-state index contributed by atoms with van der Waals surface area (Å²) in [4.78, 5) is 27.7. The topological polar surface area (TPSA) is 54.3 Å². The fourth-order valence-electron chi connectivity index (χ4n) is 5.13. The van der Waals surface area contributed by atoms with Crippen molar-refractivity contribution < 1.29 is 9.59 Å². The molecular formula is C25H21N3O2S2. The van der Waals surface area contributed by atoms with Crippen LogP contribution in [0.2, 0.25) is 0 Å². The Labute approximate surface area is 194 Å². The predicted molar refractivity (Wildman–Crippen MR) is 131 cm³/mol. The second kappa shape index (κ2) is 6.49. The number of rotatable bonds is 2. The molecule has 160 valence electrons. The van der Waals surface area contributed by atoms with Crippen molar-refractivity contribution in [1.29, 1.82) is 0 Å². The summed E-state index contributed by atoms with van der Waals surface area (Å²) >= 11 is 6.76. The minimum Gasteiger partial charge on any atom is -0.302 e. The van der Waals surface area contributed by atoms with E-state index in [0.717, 1.165) is 4.88 Å². The highest BCUT2D eigenvalue weighted by Crippen LogP contribution is 2.50. The summed E-state index contributed by atoms with van der Waals surface area (Å²) in [5.74, 6) is -1.33. The van der Waals surface area contributed by atoms with Crippen molar-refractivity contribution >= 4 is 62.3 Å². The molecule has 4 heterocycles. The van der Waals surface area contributed by atoms with Crippen molar-refractivity contribution in [3.05, 3.63) is 64.5 Å². The Hall–Kier alpha value is -3.03. The number of para-hydroxylation sites is 2. The van der Waals surface area contributed by atoms with Gasteiger partial charge in [0.1, 0.15) is 10.9 Å². The number of nitrogens with zero attached hydrogens (tertiary/aromatic N) is 2. The Bertz CT molecular complexity index is 1490. The first kappa shape index (κ1) is 19.6. The van der Waals surface area contributed by atoms with E-state index in [1.54, 1.807) is 18.4 Å². The highest BCUT2D eigenvalue weighted by Gasteiger charge is 2.40. The lowest BCUT2D eigenvalue weighted by Crippen LogP contribution is -2.56. The van der Waals surface area contributed by atoms with E-state index in [1.807, 2.05) is 0 Å². The third kappa shape index (κ3) is 2.46. The van der Waals surface area contributed by atoms with Gasteiger partial charge in [0.25, 0.3) is 0 Å². The van der Waals surface area contributed by atoms with Crippen LogP contribution in [0.4, 0.5) is 0 Å². The fraction of sp³-hybridized carbons (Fsp3) is 0.240. The Kier molecular flexibility index (Phi) is 3.99. The summed E-state index contributed by atoms with van der Waals surface area (Å²) in [5, 5.41) is 6.48. The van der Waals surface area contributed by atoms with Crippen LogP contribution in [-0.2, 0) is 21.4 Å². The molecule has 0 aliphatic carbocycles. The van der Waals surface area contributed by atoms with Crippen molar-refractivity contribution in [1.82, 2.24) is 14.8 Å². The number of carbonyl (C=O) groups is 2. The number of hydrogen-bond acceptors (Lipinski definition) is 4. The first-order valence-corrected chi connectivity index (χ1v) is 11.8. The van der Waals surface area contributed by atoms with Crippen molar-refractivity contribution in [2.24, 2.45) is 5.92 Å². The van der Waals surface area contributed by atoms with Crippen LogP contribution in [0.1, 0.15) is 29.9 Å². The average molecular weight is 460 g/mol. The Balaban J connectivity index is 1.54. The maximum Gasteiger partial charge on any atom is 0.241 e. The van der Waals surface area contributed by atoms with Crippen molar-refractivity contribution in [3.63, 3.8) is 0 Å². The first-order valence-electron chi connectivity index (χ1n) is 10.6. The molecular weight excluding hydrogens is 438 g/mol. The molecule has 5 nitrogen and oxygen atoms in total. The molecule has 1 fully saturated rings. The van der Waals surface area contributed by atoms with Gasteiger partial charge in [0.15, 0.2) is 5.11 Å². The van der Waals surface area contributed by atoms with Gasteiger partial charge in [-0.15, -0.1) is 11.3 Å². The summed E-state index contributed by atoms with van der Waals surface area (Å²) in [6.45, 7) is 4.51. The zero-order valence-corrected chi connectivity index (χ0v) is 19.6. The van der Waals surface area contributed by atoms with Crippen molar-refractivity contribution in [2.75, 3.05) is 7.05 Å². The average Bonchev–Trinajstić information content (AvgIpc) is 3.34. The number of nitrogens with one attached hydrogen (secondary N) is 1. The number of benzene rings is 2. The number of amides is 2. The lowest BCUT2D eigenvalue weighted by Gasteiger charge is -2.32. The van der Waals surface area contributed by atoms with Gasteiger partial charge in [0.2, 0.25) is 11.8 Å². The molecule has 4 aromatic rings. The molecule has 1 atom stereocenters. The van der Waals surface area contributed by atoms with Crippen LogP contribution in [0.25, 0.3) is 26.8 Å². The van der Waals surface area contributed by atoms with E-state index in [-0.39, 0.29) is 22.3 Å². The normalized spacial score (nSPS) is 19.5. The van der Waals surface area contributed by atoms with E-state index >= 15 is 0 Å². The minimum atomic E-state index is -0.765. The molecule has 2 aliphatic heterocycles. The molecule has 32 heavy (non-hydrogen) atoms. The maximum atomic E-state index is 12.8. The van der Waals surface area contributed by atoms with Crippen LogP contribution < -0.4 is 5.32 Å². The number of thiocarbonyl (C=S) groups is 1. The number of aromatic nitrogens is 1. The molecule has 6 rings (SSSR count). The number of thiophene rings is 1. The van der Waals surface area contributed by atoms with E-state index in [9.17, 15) is 9.59 Å². The highest BCUT2D eigenvalue weighted by molar-refractivity contribution is 7.80. The van der Waals surface area contributed by atoms with Gasteiger partial charge in [-0.3, -0.25) is 14.5 Å². The van der Waals surface area contributed by atoms with Crippen LogP contribution in [0.5, 0.6) is 0 Å². The maximum absolute atomic E-state index is 12.8. The molecule has 1 saturated heterocycles. The summed E-state index contributed by atoms with van der Waals surface area (Å²) in [5.41, 5.74) is 4.75. The number of fused-ring (bicyclic) bond motifs is 5. The lowest BCUT2D eigenvalue weighted by atomic mass is 9.76. The van der Waals surface area contributed by atoms with Crippen LogP contribution in [-0.4, -0.2) is 33.4 Å². The van der Waals surface area contributed by atoms with Crippen LogP contribution in [0, 0.1) is 5.92 Å². The van der Waals surface area contributed by atoms with E-state index < -0.39 is 5.92 Å². The molecule has 7 heteroatoms. The Morgan fingerprint density at radius 3 is 2.62 bits per heavy atom. The van der Waals surface area contributed by atoms with Gasteiger partial charge < -0.3 is 9.88 Å². The second-order valence-electron chi connectivity index (χ2n) is 9.06. The quantitative estimate of drug-likeness (QED) is 0.354. The summed E-state index contributed by atoms with van der Waals surface area (Å²) < 4.78 is 2.36. The lowest BCUT2D eigenvalue weighted by molar-refractivity contribution is -0.140. The van der Waals surface area contributed by atoms with Crippen LogP contribution in [0.3, 0.4) is 0 Å². The third-order valence-electron chi connectivity index (χ3n) is 6.89. The molecule has 1 N–H and O–H groups in total. The first-order chi connectivity index (χ1) is 15.3. The molecule has 2 amide bonds. The SMILES string of the molecule is CN1C(=O)C(Cc2cc3c(s2)-n2c4ccccc4c4cccc(c42)C3(C)C)C(=O)NC1=S. The van der Waals surface area contributed by atoms with Gasteiger partial charge in [0.05, 0.1) is 11.0 Å². The molecule has 0 spiro atoms. The van der Waals surface area contributed by atoms with Gasteiger partial charge in [-0.1, -0.05) is 50.2 Å². The van der Waals surface area contributed by atoms with Gasteiger partial charge in [-0.25, -0.2) is 0 Å². The summed E-state index contributed by atoms with van der Waals surface area (Å²) in [7, 11) is 1.61. The largest absolute Gasteiger partial charge is 0.302 e. The van der Waals surface area contributed by atoms with Gasteiger partial charge in [-0.2, -0.15) is 0 Å². The van der Waals surface area contributed by atoms with Gasteiger partial charge in [0, 0.05) is 34.5 Å². The summed E-state index contributed by atoms with van der Waals surface area (Å²) in [6, 6.07) is 17.2. The van der Waals surface area contributed by atoms with E-state index in [0.29, 0.717) is 6.42 Å². The zero-order chi connectivity index (χ0) is 22.4. The molecule has 0 saturated carbocycles. The molecule has 0 bridgehead atoms.